The average molecular weight is 410 g/mol. The molecule has 3 rings (SSSR count). The molecule has 0 saturated heterocycles. The van der Waals surface area contributed by atoms with E-state index in [1.54, 1.807) is 6.20 Å². The number of hydrogen-bond donors (Lipinski definition) is 4. The molecule has 0 aliphatic rings. The number of para-hydroxylation sites is 1. The van der Waals surface area contributed by atoms with Crippen molar-refractivity contribution < 1.29 is 18.8 Å². The third kappa shape index (κ3) is 5.22. The summed E-state index contributed by atoms with van der Waals surface area (Å²) >= 11 is 0. The third-order valence-corrected chi connectivity index (χ3v) is 4.81. The minimum absolute atomic E-state index is 0.143. The van der Waals surface area contributed by atoms with Gasteiger partial charge in [0.25, 0.3) is 0 Å². The van der Waals surface area contributed by atoms with Gasteiger partial charge in [0.1, 0.15) is 17.9 Å². The van der Waals surface area contributed by atoms with Gasteiger partial charge in [-0.1, -0.05) is 30.3 Å². The number of rotatable bonds is 8. The Kier molecular flexibility index (Phi) is 6.46. The number of carbonyl (C=O) groups excluding carboxylic acids is 3. The van der Waals surface area contributed by atoms with Gasteiger partial charge in [-0.3, -0.25) is 14.4 Å². The van der Waals surface area contributed by atoms with E-state index in [1.807, 2.05) is 24.3 Å². The van der Waals surface area contributed by atoms with Crippen molar-refractivity contribution in [3.63, 3.8) is 0 Å². The summed E-state index contributed by atoms with van der Waals surface area (Å²) in [6.07, 6.45) is 2.12. The highest BCUT2D eigenvalue weighted by atomic mass is 19.1. The molecule has 0 aliphatic carbocycles. The summed E-state index contributed by atoms with van der Waals surface area (Å²) in [5, 5.41) is 6.15. The first-order valence-corrected chi connectivity index (χ1v) is 9.49. The maximum atomic E-state index is 13.1. The second-order valence-corrected chi connectivity index (χ2v) is 7.11. The van der Waals surface area contributed by atoms with E-state index in [-0.39, 0.29) is 12.8 Å². The summed E-state index contributed by atoms with van der Waals surface area (Å²) in [5.41, 5.74) is 7.94. The molecule has 2 aromatic carbocycles. The second-order valence-electron chi connectivity index (χ2n) is 7.11. The Bertz CT molecular complexity index is 1060. The zero-order valence-electron chi connectivity index (χ0n) is 16.4. The second kappa shape index (κ2) is 9.21. The van der Waals surface area contributed by atoms with Gasteiger partial charge in [-0.25, -0.2) is 4.39 Å². The Morgan fingerprint density at radius 1 is 1.00 bits per heavy atom. The Hall–Kier alpha value is -3.68. The molecular weight excluding hydrogens is 387 g/mol. The summed E-state index contributed by atoms with van der Waals surface area (Å²) in [6.45, 7) is 1.29. The molecular formula is C22H23FN4O3. The van der Waals surface area contributed by atoms with Gasteiger partial charge < -0.3 is 21.4 Å². The number of primary amides is 1. The molecule has 3 amide bonds. The van der Waals surface area contributed by atoms with Crippen LogP contribution in [0, 0.1) is 5.82 Å². The van der Waals surface area contributed by atoms with Gasteiger partial charge in [0.15, 0.2) is 0 Å². The predicted molar refractivity (Wildman–Crippen MR) is 111 cm³/mol. The molecule has 0 unspecified atom stereocenters. The summed E-state index contributed by atoms with van der Waals surface area (Å²) in [5.74, 6) is -2.02. The van der Waals surface area contributed by atoms with E-state index < -0.39 is 35.6 Å². The van der Waals surface area contributed by atoms with Crippen LogP contribution < -0.4 is 16.4 Å². The molecule has 3 aromatic rings. The van der Waals surface area contributed by atoms with E-state index in [2.05, 4.69) is 15.6 Å². The Morgan fingerprint density at radius 3 is 2.37 bits per heavy atom. The van der Waals surface area contributed by atoms with Crippen LogP contribution >= 0.6 is 0 Å². The van der Waals surface area contributed by atoms with Crippen molar-refractivity contribution in [1.82, 2.24) is 15.6 Å². The Morgan fingerprint density at radius 2 is 1.70 bits per heavy atom. The van der Waals surface area contributed by atoms with E-state index >= 15 is 0 Å². The van der Waals surface area contributed by atoms with Crippen LogP contribution in [0.15, 0.2) is 54.7 Å². The molecule has 7 nitrogen and oxygen atoms in total. The quantitative estimate of drug-likeness (QED) is 0.451. The van der Waals surface area contributed by atoms with Crippen molar-refractivity contribution >= 4 is 28.6 Å². The number of nitrogens with two attached hydrogens (primary N) is 1. The van der Waals surface area contributed by atoms with Gasteiger partial charge in [0.05, 0.1) is 0 Å². The zero-order chi connectivity index (χ0) is 21.7. The van der Waals surface area contributed by atoms with Crippen LogP contribution in [0.3, 0.4) is 0 Å². The lowest BCUT2D eigenvalue weighted by molar-refractivity contribution is -0.130. The molecule has 1 aromatic heterocycles. The number of hydrogen-bond acceptors (Lipinski definition) is 3. The third-order valence-electron chi connectivity index (χ3n) is 4.81. The molecule has 30 heavy (non-hydrogen) atoms. The molecule has 1 heterocycles. The van der Waals surface area contributed by atoms with Crippen molar-refractivity contribution in [2.45, 2.75) is 31.8 Å². The molecule has 0 fully saturated rings. The lowest BCUT2D eigenvalue weighted by Gasteiger charge is -2.21. The number of aromatic amines is 1. The normalized spacial score (nSPS) is 12.9. The van der Waals surface area contributed by atoms with Crippen LogP contribution in [0.4, 0.5) is 4.39 Å². The summed E-state index contributed by atoms with van der Waals surface area (Å²) in [4.78, 5) is 39.5. The van der Waals surface area contributed by atoms with E-state index in [9.17, 15) is 18.8 Å². The summed E-state index contributed by atoms with van der Waals surface area (Å²) in [7, 11) is 0. The predicted octanol–water partition coefficient (Wildman–Crippen LogP) is 1.57. The molecule has 0 spiro atoms. The molecule has 0 radical (unpaired) electrons. The molecule has 0 saturated carbocycles. The summed E-state index contributed by atoms with van der Waals surface area (Å²) in [6, 6.07) is 11.3. The van der Waals surface area contributed by atoms with Crippen molar-refractivity contribution in [3.8, 4) is 0 Å². The van der Waals surface area contributed by atoms with Crippen LogP contribution in [0.2, 0.25) is 0 Å². The first kappa shape index (κ1) is 21.0. The topological polar surface area (TPSA) is 117 Å². The zero-order valence-corrected chi connectivity index (χ0v) is 16.4. The Labute approximate surface area is 172 Å². The molecule has 2 atom stereocenters. The number of carbonyl (C=O) groups is 3. The van der Waals surface area contributed by atoms with Gasteiger partial charge in [0.2, 0.25) is 17.7 Å². The number of fused-ring (bicyclic) bond motifs is 1. The van der Waals surface area contributed by atoms with Crippen LogP contribution in [0.5, 0.6) is 0 Å². The smallest absolute Gasteiger partial charge is 0.243 e. The number of benzene rings is 2. The van der Waals surface area contributed by atoms with Crippen LogP contribution in [0.1, 0.15) is 18.1 Å². The summed E-state index contributed by atoms with van der Waals surface area (Å²) < 4.78 is 13.1. The van der Waals surface area contributed by atoms with Gasteiger partial charge in [0, 0.05) is 36.9 Å². The molecule has 156 valence electrons. The van der Waals surface area contributed by atoms with Crippen molar-refractivity contribution in [1.29, 1.82) is 0 Å². The lowest BCUT2D eigenvalue weighted by Crippen LogP contribution is -2.54. The van der Waals surface area contributed by atoms with Gasteiger partial charge in [-0.15, -0.1) is 0 Å². The monoisotopic (exact) mass is 410 g/mol. The minimum atomic E-state index is -0.957. The van der Waals surface area contributed by atoms with Gasteiger partial charge in [-0.2, -0.15) is 0 Å². The highest BCUT2D eigenvalue weighted by molar-refractivity contribution is 5.92. The van der Waals surface area contributed by atoms with Gasteiger partial charge >= 0.3 is 0 Å². The van der Waals surface area contributed by atoms with Crippen molar-refractivity contribution in [3.05, 3.63) is 71.7 Å². The van der Waals surface area contributed by atoms with E-state index in [0.717, 1.165) is 16.5 Å². The van der Waals surface area contributed by atoms with E-state index in [1.165, 1.54) is 31.2 Å². The molecule has 0 aliphatic heterocycles. The standard InChI is InChI=1S/C22H23FN4O3/c1-13(28)26-20(10-14-6-8-16(23)9-7-14)22(30)27-19(21(24)29)11-15-12-25-18-5-3-2-4-17(15)18/h2-9,12,19-20,25H,10-11H2,1H3,(H2,24,29)(H,26,28)(H,27,30)/t19-,20-/m0/s1. The van der Waals surface area contributed by atoms with Crippen LogP contribution in [0.25, 0.3) is 10.9 Å². The maximum absolute atomic E-state index is 13.1. The molecule has 5 N–H and O–H groups in total. The molecule has 0 bridgehead atoms. The van der Waals surface area contributed by atoms with Gasteiger partial charge in [-0.05, 0) is 29.3 Å². The van der Waals surface area contributed by atoms with E-state index in [0.29, 0.717) is 5.56 Å². The largest absolute Gasteiger partial charge is 0.368 e. The minimum Gasteiger partial charge on any atom is -0.368 e. The first-order chi connectivity index (χ1) is 14.3. The number of H-pyrrole nitrogens is 1. The Balaban J connectivity index is 1.75. The van der Waals surface area contributed by atoms with E-state index in [4.69, 9.17) is 5.73 Å². The SMILES string of the molecule is CC(=O)N[C@@H](Cc1ccc(F)cc1)C(=O)N[C@@H](Cc1c[nH]c2ccccc12)C(N)=O. The average Bonchev–Trinajstić information content (AvgIpc) is 3.11. The highest BCUT2D eigenvalue weighted by Crippen LogP contribution is 2.19. The number of halogens is 1. The highest BCUT2D eigenvalue weighted by Gasteiger charge is 2.26. The number of amides is 3. The van der Waals surface area contributed by atoms with Crippen molar-refractivity contribution in [2.75, 3.05) is 0 Å². The fourth-order valence-electron chi connectivity index (χ4n) is 3.33. The van der Waals surface area contributed by atoms with Crippen LogP contribution in [-0.4, -0.2) is 34.8 Å². The first-order valence-electron chi connectivity index (χ1n) is 9.49. The number of nitrogens with one attached hydrogen (secondary N) is 3. The van der Waals surface area contributed by atoms with Crippen LogP contribution in [-0.2, 0) is 27.2 Å². The van der Waals surface area contributed by atoms with Crippen molar-refractivity contribution in [2.24, 2.45) is 5.73 Å². The lowest BCUT2D eigenvalue weighted by atomic mass is 10.0. The fourth-order valence-corrected chi connectivity index (χ4v) is 3.33. The fraction of sp³-hybridized carbons (Fsp3) is 0.227. The number of aromatic nitrogens is 1. The maximum Gasteiger partial charge on any atom is 0.243 e. The molecule has 8 heteroatoms.